The van der Waals surface area contributed by atoms with Crippen LogP contribution < -0.4 is 5.56 Å². The maximum absolute atomic E-state index is 12.6. The Morgan fingerprint density at radius 1 is 1.11 bits per heavy atom. The minimum atomic E-state index is -0.539. The zero-order valence-electron chi connectivity index (χ0n) is 15.6. The predicted octanol–water partition coefficient (Wildman–Crippen LogP) is 2.09. The highest BCUT2D eigenvalue weighted by Gasteiger charge is 2.32. The van der Waals surface area contributed by atoms with Crippen molar-refractivity contribution in [3.63, 3.8) is 0 Å². The summed E-state index contributed by atoms with van der Waals surface area (Å²) in [5, 5.41) is 0.600. The Hall–Kier alpha value is -2.64. The lowest BCUT2D eigenvalue weighted by Gasteiger charge is -2.38. The molecule has 1 amide bonds. The van der Waals surface area contributed by atoms with E-state index in [0.717, 1.165) is 5.56 Å². The summed E-state index contributed by atoms with van der Waals surface area (Å²) in [6.45, 7) is 4.08. The molecule has 0 saturated carbocycles. The fourth-order valence-electron chi connectivity index (χ4n) is 3.27. The highest BCUT2D eigenvalue weighted by Crippen LogP contribution is 2.25. The lowest BCUT2D eigenvalue weighted by Crippen LogP contribution is -2.51. The van der Waals surface area contributed by atoms with Crippen molar-refractivity contribution in [3.05, 3.63) is 69.1 Å². The number of hydrogen-bond donors (Lipinski definition) is 1. The van der Waals surface area contributed by atoms with Crippen molar-refractivity contribution in [2.24, 2.45) is 0 Å². The van der Waals surface area contributed by atoms with Gasteiger partial charge in [0.2, 0.25) is 5.56 Å². The van der Waals surface area contributed by atoms with Crippen LogP contribution in [0.15, 0.2) is 47.4 Å². The molecule has 1 fully saturated rings. The number of piperazine rings is 1. The van der Waals surface area contributed by atoms with Crippen molar-refractivity contribution in [1.82, 2.24) is 14.8 Å². The first-order chi connectivity index (χ1) is 13.5. The third-order valence-corrected chi connectivity index (χ3v) is 4.95. The number of aromatic nitrogens is 1. The highest BCUT2D eigenvalue weighted by molar-refractivity contribution is 6.30. The molecule has 1 saturated heterocycles. The number of nitrogens with one attached hydrogen (secondary N) is 1. The van der Waals surface area contributed by atoms with Crippen molar-refractivity contribution in [2.75, 3.05) is 32.8 Å². The maximum atomic E-state index is 12.6. The van der Waals surface area contributed by atoms with Crippen molar-refractivity contribution >= 4 is 23.5 Å². The first-order valence-corrected chi connectivity index (χ1v) is 9.51. The molecule has 2 heterocycles. The van der Waals surface area contributed by atoms with Crippen LogP contribution in [0.25, 0.3) is 0 Å². The quantitative estimate of drug-likeness (QED) is 0.773. The average molecular weight is 404 g/mol. The van der Waals surface area contributed by atoms with Crippen molar-refractivity contribution < 1.29 is 14.3 Å². The number of aromatic amines is 1. The molecule has 8 heteroatoms. The third kappa shape index (κ3) is 4.61. The van der Waals surface area contributed by atoms with E-state index in [1.807, 2.05) is 17.0 Å². The van der Waals surface area contributed by atoms with Gasteiger partial charge < -0.3 is 14.6 Å². The standard InChI is InChI=1S/C20H22ClN3O4/c1-2-28-20(27)18(14-3-6-16(21)7-4-14)23-9-11-24(12-10-23)19(26)15-5-8-17(25)22-13-15/h3-8,13,18H,2,9-12H2,1H3,(H,22,25)/t18-/m0/s1. The molecule has 1 atom stereocenters. The van der Waals surface area contributed by atoms with Crippen molar-refractivity contribution in [3.8, 4) is 0 Å². The number of hydrogen-bond acceptors (Lipinski definition) is 5. The Morgan fingerprint density at radius 2 is 1.79 bits per heavy atom. The SMILES string of the molecule is CCOC(=O)[C@H](c1ccc(Cl)cc1)N1CCN(C(=O)c2ccc(=O)[nH]c2)CC1. The van der Waals surface area contributed by atoms with E-state index in [2.05, 4.69) is 4.98 Å². The summed E-state index contributed by atoms with van der Waals surface area (Å²) in [6, 6.07) is 9.45. The van der Waals surface area contributed by atoms with E-state index in [1.54, 1.807) is 24.0 Å². The minimum absolute atomic E-state index is 0.143. The topological polar surface area (TPSA) is 82.7 Å². The minimum Gasteiger partial charge on any atom is -0.465 e. The number of carbonyl (C=O) groups excluding carboxylic acids is 2. The molecule has 1 aliphatic rings. The molecule has 1 aromatic heterocycles. The number of H-pyrrole nitrogens is 1. The molecule has 1 aliphatic heterocycles. The van der Waals surface area contributed by atoms with E-state index < -0.39 is 6.04 Å². The summed E-state index contributed by atoms with van der Waals surface area (Å²) in [7, 11) is 0. The second-order valence-corrected chi connectivity index (χ2v) is 6.91. The molecule has 28 heavy (non-hydrogen) atoms. The van der Waals surface area contributed by atoms with Gasteiger partial charge in [-0.05, 0) is 30.7 Å². The van der Waals surface area contributed by atoms with E-state index in [-0.39, 0.29) is 17.4 Å². The summed E-state index contributed by atoms with van der Waals surface area (Å²) in [5.41, 5.74) is 0.998. The predicted molar refractivity (Wildman–Crippen MR) is 105 cm³/mol. The fraction of sp³-hybridized carbons (Fsp3) is 0.350. The first-order valence-electron chi connectivity index (χ1n) is 9.13. The molecule has 1 N–H and O–H groups in total. The van der Waals surface area contributed by atoms with Crippen LogP contribution in [0.5, 0.6) is 0 Å². The van der Waals surface area contributed by atoms with Gasteiger partial charge in [0.15, 0.2) is 0 Å². The van der Waals surface area contributed by atoms with E-state index >= 15 is 0 Å². The lowest BCUT2D eigenvalue weighted by atomic mass is 10.0. The van der Waals surface area contributed by atoms with Crippen LogP contribution in [-0.2, 0) is 9.53 Å². The Morgan fingerprint density at radius 3 is 2.36 bits per heavy atom. The Kier molecular flexibility index (Phi) is 6.49. The van der Waals surface area contributed by atoms with Gasteiger partial charge >= 0.3 is 5.97 Å². The number of halogens is 1. The Balaban J connectivity index is 1.71. The number of carbonyl (C=O) groups is 2. The number of nitrogens with zero attached hydrogens (tertiary/aromatic N) is 2. The van der Waals surface area contributed by atoms with E-state index in [0.29, 0.717) is 43.4 Å². The van der Waals surface area contributed by atoms with Crippen LogP contribution in [0.2, 0.25) is 5.02 Å². The zero-order valence-corrected chi connectivity index (χ0v) is 16.3. The number of ether oxygens (including phenoxy) is 1. The second kappa shape index (κ2) is 9.03. The third-order valence-electron chi connectivity index (χ3n) is 4.69. The number of benzene rings is 1. The normalized spacial score (nSPS) is 15.9. The average Bonchev–Trinajstić information content (AvgIpc) is 2.70. The van der Waals surface area contributed by atoms with Crippen LogP contribution >= 0.6 is 11.6 Å². The first kappa shape index (κ1) is 20.1. The number of rotatable bonds is 5. The molecule has 0 spiro atoms. The van der Waals surface area contributed by atoms with Crippen molar-refractivity contribution in [1.29, 1.82) is 0 Å². The van der Waals surface area contributed by atoms with Crippen molar-refractivity contribution in [2.45, 2.75) is 13.0 Å². The largest absolute Gasteiger partial charge is 0.465 e. The van der Waals surface area contributed by atoms with Gasteiger partial charge in [0.1, 0.15) is 6.04 Å². The molecule has 7 nitrogen and oxygen atoms in total. The molecule has 0 unspecified atom stereocenters. The zero-order chi connectivity index (χ0) is 20.1. The van der Waals surface area contributed by atoms with Crippen LogP contribution in [0.3, 0.4) is 0 Å². The summed E-state index contributed by atoms with van der Waals surface area (Å²) in [4.78, 5) is 42.6. The molecule has 1 aromatic carbocycles. The Labute approximate surface area is 167 Å². The summed E-state index contributed by atoms with van der Waals surface area (Å²) in [6.07, 6.45) is 1.42. The summed E-state index contributed by atoms with van der Waals surface area (Å²) >= 11 is 5.97. The molecular weight excluding hydrogens is 382 g/mol. The molecule has 0 bridgehead atoms. The van der Waals surface area contributed by atoms with Crippen LogP contribution in [0, 0.1) is 0 Å². The van der Waals surface area contributed by atoms with Gasteiger partial charge in [-0.15, -0.1) is 0 Å². The van der Waals surface area contributed by atoms with Gasteiger partial charge in [-0.3, -0.25) is 14.5 Å². The fourth-order valence-corrected chi connectivity index (χ4v) is 3.40. The number of esters is 1. The van der Waals surface area contributed by atoms with Gasteiger partial charge in [-0.1, -0.05) is 23.7 Å². The maximum Gasteiger partial charge on any atom is 0.328 e. The van der Waals surface area contributed by atoms with Gasteiger partial charge in [-0.25, -0.2) is 4.79 Å². The van der Waals surface area contributed by atoms with Gasteiger partial charge in [-0.2, -0.15) is 0 Å². The number of pyridine rings is 1. The highest BCUT2D eigenvalue weighted by atomic mass is 35.5. The van der Waals surface area contributed by atoms with Crippen LogP contribution in [0.4, 0.5) is 0 Å². The molecule has 0 aliphatic carbocycles. The monoisotopic (exact) mass is 403 g/mol. The molecular formula is C20H22ClN3O4. The molecule has 148 valence electrons. The Bertz CT molecular complexity index is 869. The molecule has 0 radical (unpaired) electrons. The van der Waals surface area contributed by atoms with Gasteiger partial charge in [0.25, 0.3) is 5.91 Å². The second-order valence-electron chi connectivity index (χ2n) is 6.48. The molecule has 2 aromatic rings. The van der Waals surface area contributed by atoms with Crippen LogP contribution in [0.1, 0.15) is 28.9 Å². The van der Waals surface area contributed by atoms with Gasteiger partial charge in [0, 0.05) is 43.5 Å². The van der Waals surface area contributed by atoms with E-state index in [9.17, 15) is 14.4 Å². The summed E-state index contributed by atoms with van der Waals surface area (Å²) in [5.74, 6) is -0.458. The van der Waals surface area contributed by atoms with Gasteiger partial charge in [0.05, 0.1) is 12.2 Å². The van der Waals surface area contributed by atoms with Crippen LogP contribution in [-0.4, -0.2) is 59.4 Å². The van der Waals surface area contributed by atoms with E-state index in [4.69, 9.17) is 16.3 Å². The smallest absolute Gasteiger partial charge is 0.328 e. The number of amides is 1. The molecule has 3 rings (SSSR count). The summed E-state index contributed by atoms with van der Waals surface area (Å²) < 4.78 is 5.27. The lowest BCUT2D eigenvalue weighted by molar-refractivity contribution is -0.150. The van der Waals surface area contributed by atoms with E-state index in [1.165, 1.54) is 18.3 Å².